The normalized spacial score (nSPS) is 13.5. The van der Waals surface area contributed by atoms with Crippen LogP contribution in [0.2, 0.25) is 0 Å². The lowest BCUT2D eigenvalue weighted by atomic mass is 10.1. The van der Waals surface area contributed by atoms with Gasteiger partial charge >= 0.3 is 6.01 Å². The Bertz CT molecular complexity index is 357. The van der Waals surface area contributed by atoms with Crippen LogP contribution in [-0.2, 0) is 6.54 Å². The van der Waals surface area contributed by atoms with Crippen LogP contribution < -0.4 is 10.6 Å². The zero-order valence-electron chi connectivity index (χ0n) is 12.9. The van der Waals surface area contributed by atoms with Crippen molar-refractivity contribution in [3.05, 3.63) is 5.89 Å². The van der Waals surface area contributed by atoms with E-state index < -0.39 is 0 Å². The van der Waals surface area contributed by atoms with Crippen LogP contribution in [0, 0.1) is 0 Å². The van der Waals surface area contributed by atoms with Gasteiger partial charge in [0.1, 0.15) is 0 Å². The Morgan fingerprint density at radius 2 is 1.95 bits per heavy atom. The van der Waals surface area contributed by atoms with E-state index in [0.29, 0.717) is 24.5 Å². The molecule has 19 heavy (non-hydrogen) atoms. The van der Waals surface area contributed by atoms with E-state index in [-0.39, 0.29) is 5.54 Å². The fraction of sp³-hybridized carbons (Fsp3) is 0.857. The van der Waals surface area contributed by atoms with Crippen molar-refractivity contribution < 1.29 is 4.42 Å². The minimum Gasteiger partial charge on any atom is -0.407 e. The van der Waals surface area contributed by atoms with Gasteiger partial charge in [0, 0.05) is 11.6 Å². The van der Waals surface area contributed by atoms with Gasteiger partial charge in [-0.25, -0.2) is 0 Å². The van der Waals surface area contributed by atoms with Crippen LogP contribution in [0.15, 0.2) is 4.42 Å². The summed E-state index contributed by atoms with van der Waals surface area (Å²) in [6.07, 6.45) is 4.88. The van der Waals surface area contributed by atoms with Crippen LogP contribution in [0.3, 0.4) is 0 Å². The molecule has 2 N–H and O–H groups in total. The van der Waals surface area contributed by atoms with E-state index in [9.17, 15) is 0 Å². The standard InChI is InChI=1S/C14H28N4O/c1-6-7-8-9-11(2)16-13-18-17-12(19-13)10-15-14(3,4)5/h11,15H,6-10H2,1-5H3,(H,16,18). The van der Waals surface area contributed by atoms with Gasteiger partial charge in [-0.1, -0.05) is 31.3 Å². The second-order valence-corrected chi connectivity index (χ2v) is 6.15. The van der Waals surface area contributed by atoms with E-state index in [1.165, 1.54) is 19.3 Å². The Labute approximate surface area is 116 Å². The van der Waals surface area contributed by atoms with E-state index in [1.807, 2.05) is 0 Å². The summed E-state index contributed by atoms with van der Waals surface area (Å²) < 4.78 is 5.56. The zero-order chi connectivity index (χ0) is 14.3. The summed E-state index contributed by atoms with van der Waals surface area (Å²) in [4.78, 5) is 0. The lowest BCUT2D eigenvalue weighted by Gasteiger charge is -2.18. The van der Waals surface area contributed by atoms with Crippen LogP contribution in [0.1, 0.15) is 66.2 Å². The highest BCUT2D eigenvalue weighted by atomic mass is 16.4. The monoisotopic (exact) mass is 268 g/mol. The van der Waals surface area contributed by atoms with Crippen molar-refractivity contribution >= 4 is 6.01 Å². The second kappa shape index (κ2) is 7.48. The number of rotatable bonds is 8. The van der Waals surface area contributed by atoms with Crippen LogP contribution in [0.4, 0.5) is 6.01 Å². The molecule has 0 radical (unpaired) electrons. The highest BCUT2D eigenvalue weighted by Crippen LogP contribution is 2.11. The molecule has 0 aliphatic carbocycles. The molecule has 5 nitrogen and oxygen atoms in total. The van der Waals surface area contributed by atoms with Crippen molar-refractivity contribution in [2.24, 2.45) is 0 Å². The fourth-order valence-corrected chi connectivity index (χ4v) is 1.71. The molecule has 1 aromatic rings. The Morgan fingerprint density at radius 3 is 2.58 bits per heavy atom. The highest BCUT2D eigenvalue weighted by molar-refractivity contribution is 5.18. The maximum Gasteiger partial charge on any atom is 0.315 e. The van der Waals surface area contributed by atoms with E-state index in [4.69, 9.17) is 4.42 Å². The van der Waals surface area contributed by atoms with Gasteiger partial charge in [-0.05, 0) is 34.1 Å². The first-order valence-corrected chi connectivity index (χ1v) is 7.24. The summed E-state index contributed by atoms with van der Waals surface area (Å²) in [5, 5.41) is 14.6. The summed E-state index contributed by atoms with van der Waals surface area (Å²) in [5.74, 6) is 0.623. The van der Waals surface area contributed by atoms with E-state index in [2.05, 4.69) is 55.4 Å². The predicted octanol–water partition coefficient (Wildman–Crippen LogP) is 3.34. The maximum absolute atomic E-state index is 5.56. The van der Waals surface area contributed by atoms with Crippen LogP contribution in [0.5, 0.6) is 0 Å². The molecular weight excluding hydrogens is 240 g/mol. The fourth-order valence-electron chi connectivity index (χ4n) is 1.71. The first-order chi connectivity index (χ1) is 8.90. The SMILES string of the molecule is CCCCCC(C)Nc1nnc(CNC(C)(C)C)o1. The summed E-state index contributed by atoms with van der Waals surface area (Å²) >= 11 is 0. The van der Waals surface area contributed by atoms with Crippen molar-refractivity contribution in [1.29, 1.82) is 0 Å². The molecule has 0 aliphatic heterocycles. The van der Waals surface area contributed by atoms with Crippen LogP contribution in [-0.4, -0.2) is 21.8 Å². The van der Waals surface area contributed by atoms with E-state index >= 15 is 0 Å². The third-order valence-electron chi connectivity index (χ3n) is 2.85. The smallest absolute Gasteiger partial charge is 0.315 e. The molecular formula is C14H28N4O. The molecule has 1 heterocycles. The van der Waals surface area contributed by atoms with Gasteiger partial charge in [0.25, 0.3) is 0 Å². The lowest BCUT2D eigenvalue weighted by Crippen LogP contribution is -2.35. The molecule has 1 aromatic heterocycles. The van der Waals surface area contributed by atoms with Crippen LogP contribution >= 0.6 is 0 Å². The summed E-state index contributed by atoms with van der Waals surface area (Å²) in [7, 11) is 0. The largest absolute Gasteiger partial charge is 0.407 e. The summed E-state index contributed by atoms with van der Waals surface area (Å²) in [6.45, 7) is 11.3. The van der Waals surface area contributed by atoms with Crippen molar-refractivity contribution in [3.8, 4) is 0 Å². The quantitative estimate of drug-likeness (QED) is 0.708. The van der Waals surface area contributed by atoms with Crippen molar-refractivity contribution in [1.82, 2.24) is 15.5 Å². The molecule has 0 bridgehead atoms. The molecule has 5 heteroatoms. The van der Waals surface area contributed by atoms with Gasteiger partial charge in [0.2, 0.25) is 5.89 Å². The average Bonchev–Trinajstić information content (AvgIpc) is 2.73. The summed E-state index contributed by atoms with van der Waals surface area (Å²) in [5.41, 5.74) is 0.0511. The van der Waals surface area contributed by atoms with Gasteiger partial charge in [-0.3, -0.25) is 0 Å². The zero-order valence-corrected chi connectivity index (χ0v) is 12.9. The molecule has 0 aromatic carbocycles. The van der Waals surface area contributed by atoms with E-state index in [1.54, 1.807) is 0 Å². The molecule has 110 valence electrons. The van der Waals surface area contributed by atoms with Gasteiger partial charge in [-0.15, -0.1) is 5.10 Å². The van der Waals surface area contributed by atoms with Gasteiger partial charge < -0.3 is 15.1 Å². The second-order valence-electron chi connectivity index (χ2n) is 6.15. The van der Waals surface area contributed by atoms with Gasteiger partial charge in [-0.2, -0.15) is 0 Å². The Morgan fingerprint density at radius 1 is 1.21 bits per heavy atom. The molecule has 0 spiro atoms. The molecule has 0 fully saturated rings. The number of nitrogens with one attached hydrogen (secondary N) is 2. The van der Waals surface area contributed by atoms with E-state index in [0.717, 1.165) is 6.42 Å². The molecule has 0 aliphatic rings. The Balaban J connectivity index is 2.33. The highest BCUT2D eigenvalue weighted by Gasteiger charge is 2.13. The van der Waals surface area contributed by atoms with Crippen molar-refractivity contribution in [2.45, 2.75) is 78.4 Å². The Hall–Kier alpha value is -1.10. The third kappa shape index (κ3) is 7.15. The molecule has 1 atom stereocenters. The minimum atomic E-state index is 0.0511. The number of anilines is 1. The number of hydrogen-bond donors (Lipinski definition) is 2. The maximum atomic E-state index is 5.56. The summed E-state index contributed by atoms with van der Waals surface area (Å²) in [6, 6.07) is 0.894. The van der Waals surface area contributed by atoms with Crippen molar-refractivity contribution in [3.63, 3.8) is 0 Å². The molecule has 0 saturated heterocycles. The molecule has 1 rings (SSSR count). The molecule has 0 saturated carbocycles. The van der Waals surface area contributed by atoms with Crippen molar-refractivity contribution in [2.75, 3.05) is 5.32 Å². The average molecular weight is 268 g/mol. The number of nitrogens with zero attached hydrogens (tertiary/aromatic N) is 2. The number of hydrogen-bond acceptors (Lipinski definition) is 5. The minimum absolute atomic E-state index is 0.0511. The predicted molar refractivity (Wildman–Crippen MR) is 78.1 cm³/mol. The number of unbranched alkanes of at least 4 members (excludes halogenated alkanes) is 2. The Kier molecular flexibility index (Phi) is 6.28. The van der Waals surface area contributed by atoms with Gasteiger partial charge in [0.15, 0.2) is 0 Å². The molecule has 1 unspecified atom stereocenters. The number of aromatic nitrogens is 2. The topological polar surface area (TPSA) is 63.0 Å². The van der Waals surface area contributed by atoms with Gasteiger partial charge in [0.05, 0.1) is 6.54 Å². The first kappa shape index (κ1) is 16.0. The third-order valence-corrected chi connectivity index (χ3v) is 2.85. The molecule has 0 amide bonds. The first-order valence-electron chi connectivity index (χ1n) is 7.24. The van der Waals surface area contributed by atoms with Crippen LogP contribution in [0.25, 0.3) is 0 Å². The lowest BCUT2D eigenvalue weighted by molar-refractivity contribution is 0.383.